The Kier molecular flexibility index (Phi) is 6.62. The molecule has 12 heteroatoms. The molecule has 6 aromatic rings. The van der Waals surface area contributed by atoms with Crippen molar-refractivity contribution in [2.75, 3.05) is 6.54 Å². The molecule has 42 heavy (non-hydrogen) atoms. The smallest absolute Gasteiger partial charge is 0.254 e. The Morgan fingerprint density at radius 1 is 1.05 bits per heavy atom. The normalized spacial score (nSPS) is 13.1. The molecule has 4 aromatic heterocycles. The summed E-state index contributed by atoms with van der Waals surface area (Å²) < 4.78 is 19.5. The average Bonchev–Trinajstić information content (AvgIpc) is 3.71. The van der Waals surface area contributed by atoms with E-state index in [2.05, 4.69) is 53.0 Å². The van der Waals surface area contributed by atoms with E-state index < -0.39 is 5.95 Å². The van der Waals surface area contributed by atoms with Gasteiger partial charge in [-0.05, 0) is 51.8 Å². The van der Waals surface area contributed by atoms with Gasteiger partial charge in [0.15, 0.2) is 0 Å². The predicted octanol–water partition coefficient (Wildman–Crippen LogP) is 4.62. The molecule has 0 saturated carbocycles. The van der Waals surface area contributed by atoms with Gasteiger partial charge < -0.3 is 9.47 Å². The van der Waals surface area contributed by atoms with Gasteiger partial charge in [-0.2, -0.15) is 9.49 Å². The van der Waals surface area contributed by atoms with Gasteiger partial charge in [-0.1, -0.05) is 35.5 Å². The Labute approximate surface area is 248 Å². The summed E-state index contributed by atoms with van der Waals surface area (Å²) in [5, 5.41) is 13.1. The SMILES string of the molecule is Cn1c(Cc2ccccc2)nc2cc(C(=O)N3CCn4ncc(-c5cn(Cc6ccc(F)nc6Br)nn5)c4C3)ccc21. The van der Waals surface area contributed by atoms with Crippen LogP contribution in [0.1, 0.15) is 33.0 Å². The lowest BCUT2D eigenvalue weighted by atomic mass is 10.1. The van der Waals surface area contributed by atoms with Gasteiger partial charge in [0.2, 0.25) is 5.95 Å². The van der Waals surface area contributed by atoms with Crippen molar-refractivity contribution >= 4 is 32.9 Å². The van der Waals surface area contributed by atoms with Gasteiger partial charge in [-0.3, -0.25) is 9.48 Å². The number of aromatic nitrogens is 8. The molecular formula is C30H25BrFN9O. The number of carbonyl (C=O) groups excluding carboxylic acids is 1. The number of pyridine rings is 1. The van der Waals surface area contributed by atoms with Gasteiger partial charge in [0.05, 0.1) is 48.8 Å². The number of nitrogens with zero attached hydrogens (tertiary/aromatic N) is 9. The topological polar surface area (TPSA) is 99.6 Å². The van der Waals surface area contributed by atoms with E-state index in [1.165, 1.54) is 11.6 Å². The summed E-state index contributed by atoms with van der Waals surface area (Å²) in [7, 11) is 2.01. The van der Waals surface area contributed by atoms with Crippen molar-refractivity contribution in [3.8, 4) is 11.3 Å². The minimum atomic E-state index is -0.553. The number of amides is 1. The first-order valence-corrected chi connectivity index (χ1v) is 14.3. The molecule has 0 unspecified atom stereocenters. The van der Waals surface area contributed by atoms with Crippen molar-refractivity contribution < 1.29 is 9.18 Å². The molecule has 0 bridgehead atoms. The highest BCUT2D eigenvalue weighted by atomic mass is 79.9. The third-order valence-corrected chi connectivity index (χ3v) is 8.31. The number of benzene rings is 2. The molecule has 2 aromatic carbocycles. The second-order valence-corrected chi connectivity index (χ2v) is 11.0. The lowest BCUT2D eigenvalue weighted by molar-refractivity contribution is 0.0706. The Hall–Kier alpha value is -4.71. The maximum Gasteiger partial charge on any atom is 0.254 e. The maximum atomic E-state index is 13.7. The molecule has 210 valence electrons. The molecule has 0 fully saturated rings. The first-order chi connectivity index (χ1) is 20.4. The van der Waals surface area contributed by atoms with Crippen LogP contribution in [0.4, 0.5) is 4.39 Å². The summed E-state index contributed by atoms with van der Waals surface area (Å²) in [6.45, 7) is 1.90. The molecule has 1 aliphatic rings. The summed E-state index contributed by atoms with van der Waals surface area (Å²) in [4.78, 5) is 24.2. The molecule has 5 heterocycles. The highest BCUT2D eigenvalue weighted by Gasteiger charge is 2.27. The van der Waals surface area contributed by atoms with Crippen molar-refractivity contribution in [1.29, 1.82) is 0 Å². The van der Waals surface area contributed by atoms with Gasteiger partial charge in [-0.15, -0.1) is 5.10 Å². The van der Waals surface area contributed by atoms with E-state index in [0.29, 0.717) is 42.0 Å². The van der Waals surface area contributed by atoms with Crippen LogP contribution in [0, 0.1) is 5.95 Å². The molecule has 7 rings (SSSR count). The molecule has 0 aliphatic carbocycles. The summed E-state index contributed by atoms with van der Waals surface area (Å²) >= 11 is 3.30. The fraction of sp³-hybridized carbons (Fsp3) is 0.200. The van der Waals surface area contributed by atoms with Gasteiger partial charge in [0.25, 0.3) is 5.91 Å². The van der Waals surface area contributed by atoms with Gasteiger partial charge in [0.1, 0.15) is 16.1 Å². The molecular weight excluding hydrogens is 601 g/mol. The third-order valence-electron chi connectivity index (χ3n) is 7.62. The van der Waals surface area contributed by atoms with Gasteiger partial charge in [-0.25, -0.2) is 14.6 Å². The zero-order chi connectivity index (χ0) is 28.8. The molecule has 10 nitrogen and oxygen atoms in total. The molecule has 0 radical (unpaired) electrons. The predicted molar refractivity (Wildman–Crippen MR) is 157 cm³/mol. The van der Waals surface area contributed by atoms with Crippen molar-refractivity contribution in [3.05, 3.63) is 112 Å². The third kappa shape index (κ3) is 4.87. The van der Waals surface area contributed by atoms with E-state index in [4.69, 9.17) is 4.98 Å². The van der Waals surface area contributed by atoms with Crippen LogP contribution in [0.2, 0.25) is 0 Å². The second kappa shape index (κ2) is 10.6. The first kappa shape index (κ1) is 26.2. The Morgan fingerprint density at radius 3 is 2.74 bits per heavy atom. The molecule has 1 aliphatic heterocycles. The van der Waals surface area contributed by atoms with E-state index in [9.17, 15) is 9.18 Å². The van der Waals surface area contributed by atoms with E-state index in [1.54, 1.807) is 16.9 Å². The highest BCUT2D eigenvalue weighted by molar-refractivity contribution is 9.10. The quantitative estimate of drug-likeness (QED) is 0.250. The Bertz CT molecular complexity index is 1950. The first-order valence-electron chi connectivity index (χ1n) is 13.5. The van der Waals surface area contributed by atoms with Crippen molar-refractivity contribution in [3.63, 3.8) is 0 Å². The van der Waals surface area contributed by atoms with Crippen LogP contribution in [0.5, 0.6) is 0 Å². The molecule has 0 spiro atoms. The summed E-state index contributed by atoms with van der Waals surface area (Å²) in [6.07, 6.45) is 4.30. The van der Waals surface area contributed by atoms with E-state index in [0.717, 1.165) is 40.1 Å². The standard InChI is InChI=1S/C30H25BrFN9O/c1-38-25-9-7-20(14-23(25)34-28(38)13-19-5-3-2-4-6-19)30(42)39-11-12-41-26(18-39)22(15-33-41)24-17-40(37-36-24)16-21-8-10-27(32)35-29(21)31/h2-10,14-15,17H,11-13,16,18H2,1H3. The number of halogens is 2. The number of hydrogen-bond acceptors (Lipinski definition) is 6. The Balaban J connectivity index is 1.10. The zero-order valence-electron chi connectivity index (χ0n) is 22.7. The monoisotopic (exact) mass is 625 g/mol. The molecule has 0 saturated heterocycles. The fourth-order valence-electron chi connectivity index (χ4n) is 5.37. The lowest BCUT2D eigenvalue weighted by Crippen LogP contribution is -2.38. The minimum Gasteiger partial charge on any atom is -0.331 e. The number of carbonyl (C=O) groups is 1. The summed E-state index contributed by atoms with van der Waals surface area (Å²) in [5.41, 5.74) is 6.73. The van der Waals surface area contributed by atoms with Crippen LogP contribution in [0.25, 0.3) is 22.3 Å². The number of rotatable bonds is 6. The van der Waals surface area contributed by atoms with Crippen molar-refractivity contribution in [2.24, 2.45) is 7.05 Å². The largest absolute Gasteiger partial charge is 0.331 e. The molecule has 0 atom stereocenters. The van der Waals surface area contributed by atoms with Crippen LogP contribution in [-0.4, -0.2) is 56.7 Å². The van der Waals surface area contributed by atoms with Crippen LogP contribution in [-0.2, 0) is 33.1 Å². The van der Waals surface area contributed by atoms with Gasteiger partial charge >= 0.3 is 0 Å². The number of hydrogen-bond donors (Lipinski definition) is 0. The van der Waals surface area contributed by atoms with E-state index >= 15 is 0 Å². The van der Waals surface area contributed by atoms with Crippen LogP contribution in [0.15, 0.2) is 77.7 Å². The zero-order valence-corrected chi connectivity index (χ0v) is 24.2. The molecule has 1 amide bonds. The summed E-state index contributed by atoms with van der Waals surface area (Å²) in [6, 6.07) is 18.9. The number of aryl methyl sites for hydroxylation is 1. The number of fused-ring (bicyclic) bond motifs is 2. The van der Waals surface area contributed by atoms with Gasteiger partial charge in [0, 0.05) is 36.7 Å². The minimum absolute atomic E-state index is 0.0529. The van der Waals surface area contributed by atoms with E-state index in [1.807, 2.05) is 59.2 Å². The van der Waals surface area contributed by atoms with Crippen LogP contribution >= 0.6 is 15.9 Å². The second-order valence-electron chi connectivity index (χ2n) is 10.3. The lowest BCUT2D eigenvalue weighted by Gasteiger charge is -2.28. The highest BCUT2D eigenvalue weighted by Crippen LogP contribution is 2.27. The van der Waals surface area contributed by atoms with Crippen LogP contribution in [0.3, 0.4) is 0 Å². The summed E-state index contributed by atoms with van der Waals surface area (Å²) in [5.74, 6) is 0.342. The molecule has 0 N–H and O–H groups in total. The maximum absolute atomic E-state index is 13.7. The van der Waals surface area contributed by atoms with Crippen molar-refractivity contribution in [2.45, 2.75) is 26.1 Å². The average molecular weight is 626 g/mol. The Morgan fingerprint density at radius 2 is 1.90 bits per heavy atom. The van der Waals surface area contributed by atoms with Crippen molar-refractivity contribution in [1.82, 2.24) is 44.2 Å². The van der Waals surface area contributed by atoms with E-state index in [-0.39, 0.29) is 5.91 Å². The number of imidazole rings is 1. The van der Waals surface area contributed by atoms with Crippen LogP contribution < -0.4 is 0 Å². The fourth-order valence-corrected chi connectivity index (χ4v) is 5.79.